The molecule has 0 fully saturated rings. The molecular formula is C14H15FN2O2S. The standard InChI is InChI=1S/C14H15FN2O2S/c1-10-3-2-4-11(7-10)9-17-20(18,19)14-8-12(15)5-6-13(14)16/h2-8,17H,9,16H2,1H3. The van der Waals surface area contributed by atoms with E-state index < -0.39 is 15.8 Å². The molecule has 0 bridgehead atoms. The van der Waals surface area contributed by atoms with Gasteiger partial charge in [0, 0.05) is 6.54 Å². The molecule has 0 spiro atoms. The molecule has 0 aliphatic carbocycles. The third-order valence-electron chi connectivity index (χ3n) is 2.81. The normalized spacial score (nSPS) is 11.5. The van der Waals surface area contributed by atoms with Crippen LogP contribution >= 0.6 is 0 Å². The molecular weight excluding hydrogens is 279 g/mol. The van der Waals surface area contributed by atoms with Gasteiger partial charge in [0.2, 0.25) is 10.0 Å². The Kier molecular flexibility index (Phi) is 4.06. The fourth-order valence-electron chi connectivity index (χ4n) is 1.82. The maximum atomic E-state index is 13.1. The predicted octanol–water partition coefficient (Wildman–Crippen LogP) is 2.19. The Morgan fingerprint density at radius 2 is 1.95 bits per heavy atom. The fraction of sp³-hybridized carbons (Fsp3) is 0.143. The molecule has 0 aliphatic heterocycles. The van der Waals surface area contributed by atoms with E-state index in [1.54, 1.807) is 0 Å². The number of benzene rings is 2. The van der Waals surface area contributed by atoms with Gasteiger partial charge >= 0.3 is 0 Å². The lowest BCUT2D eigenvalue weighted by atomic mass is 10.1. The second-order valence-corrected chi connectivity index (χ2v) is 6.23. The number of nitrogen functional groups attached to an aromatic ring is 1. The van der Waals surface area contributed by atoms with Crippen molar-refractivity contribution >= 4 is 15.7 Å². The van der Waals surface area contributed by atoms with E-state index in [0.717, 1.165) is 23.3 Å². The van der Waals surface area contributed by atoms with Crippen LogP contribution in [0.25, 0.3) is 0 Å². The summed E-state index contributed by atoms with van der Waals surface area (Å²) in [4.78, 5) is -0.245. The van der Waals surface area contributed by atoms with Crippen LogP contribution in [0.4, 0.5) is 10.1 Å². The van der Waals surface area contributed by atoms with Gasteiger partial charge < -0.3 is 5.73 Å². The summed E-state index contributed by atoms with van der Waals surface area (Å²) in [6.07, 6.45) is 0. The van der Waals surface area contributed by atoms with E-state index in [-0.39, 0.29) is 17.1 Å². The maximum Gasteiger partial charge on any atom is 0.243 e. The van der Waals surface area contributed by atoms with Gasteiger partial charge in [0.05, 0.1) is 5.69 Å². The molecule has 106 valence electrons. The lowest BCUT2D eigenvalue weighted by molar-refractivity contribution is 0.578. The molecule has 2 rings (SSSR count). The summed E-state index contributed by atoms with van der Waals surface area (Å²) in [7, 11) is -3.84. The zero-order valence-electron chi connectivity index (χ0n) is 10.9. The van der Waals surface area contributed by atoms with Crippen molar-refractivity contribution in [3.05, 3.63) is 59.4 Å². The number of rotatable bonds is 4. The van der Waals surface area contributed by atoms with Crippen LogP contribution in [0, 0.1) is 12.7 Å². The van der Waals surface area contributed by atoms with E-state index in [4.69, 9.17) is 5.73 Å². The van der Waals surface area contributed by atoms with Crippen molar-refractivity contribution in [3.8, 4) is 0 Å². The van der Waals surface area contributed by atoms with Crippen molar-refractivity contribution in [1.29, 1.82) is 0 Å². The van der Waals surface area contributed by atoms with Gasteiger partial charge in [0.15, 0.2) is 0 Å². The smallest absolute Gasteiger partial charge is 0.243 e. The molecule has 0 unspecified atom stereocenters. The Bertz CT molecular complexity index is 730. The third kappa shape index (κ3) is 3.34. The molecule has 0 heterocycles. The lowest BCUT2D eigenvalue weighted by Gasteiger charge is -2.09. The number of halogens is 1. The first-order valence-corrected chi connectivity index (χ1v) is 7.47. The SMILES string of the molecule is Cc1cccc(CNS(=O)(=O)c2cc(F)ccc2N)c1. The van der Waals surface area contributed by atoms with Crippen molar-refractivity contribution in [1.82, 2.24) is 4.72 Å². The average Bonchev–Trinajstić information content (AvgIpc) is 2.39. The zero-order chi connectivity index (χ0) is 14.8. The minimum Gasteiger partial charge on any atom is -0.398 e. The molecule has 0 saturated carbocycles. The number of hydrogen-bond donors (Lipinski definition) is 2. The van der Waals surface area contributed by atoms with Crippen LogP contribution in [0.2, 0.25) is 0 Å². The Labute approximate surface area is 117 Å². The number of nitrogens with one attached hydrogen (secondary N) is 1. The van der Waals surface area contributed by atoms with E-state index in [1.165, 1.54) is 6.07 Å². The van der Waals surface area contributed by atoms with Crippen LogP contribution in [0.5, 0.6) is 0 Å². The van der Waals surface area contributed by atoms with Crippen molar-refractivity contribution in [2.45, 2.75) is 18.4 Å². The van der Waals surface area contributed by atoms with E-state index in [1.807, 2.05) is 31.2 Å². The van der Waals surface area contributed by atoms with Gasteiger partial charge in [-0.3, -0.25) is 0 Å². The van der Waals surface area contributed by atoms with Crippen molar-refractivity contribution in [2.75, 3.05) is 5.73 Å². The molecule has 4 nitrogen and oxygen atoms in total. The minimum atomic E-state index is -3.84. The van der Waals surface area contributed by atoms with E-state index in [9.17, 15) is 12.8 Å². The molecule has 0 amide bonds. The highest BCUT2D eigenvalue weighted by Gasteiger charge is 2.17. The molecule has 0 atom stereocenters. The first-order chi connectivity index (χ1) is 9.38. The molecule has 20 heavy (non-hydrogen) atoms. The number of aryl methyl sites for hydroxylation is 1. The second kappa shape index (κ2) is 5.60. The largest absolute Gasteiger partial charge is 0.398 e. The van der Waals surface area contributed by atoms with Crippen LogP contribution < -0.4 is 10.5 Å². The minimum absolute atomic E-state index is 0.0168. The summed E-state index contributed by atoms with van der Waals surface area (Å²) in [6.45, 7) is 2.04. The molecule has 2 aromatic carbocycles. The first kappa shape index (κ1) is 14.5. The number of sulfonamides is 1. The van der Waals surface area contributed by atoms with Crippen LogP contribution in [-0.4, -0.2) is 8.42 Å². The van der Waals surface area contributed by atoms with Gasteiger partial charge in [-0.2, -0.15) is 0 Å². The zero-order valence-corrected chi connectivity index (χ0v) is 11.7. The topological polar surface area (TPSA) is 72.2 Å². The number of nitrogens with two attached hydrogens (primary N) is 1. The molecule has 2 aromatic rings. The van der Waals surface area contributed by atoms with Gasteiger partial charge in [-0.1, -0.05) is 29.8 Å². The lowest BCUT2D eigenvalue weighted by Crippen LogP contribution is -2.24. The van der Waals surface area contributed by atoms with Gasteiger partial charge in [-0.05, 0) is 30.7 Å². The fourth-order valence-corrected chi connectivity index (χ4v) is 2.98. The summed E-state index contributed by atoms with van der Waals surface area (Å²) in [6, 6.07) is 10.7. The monoisotopic (exact) mass is 294 g/mol. The highest BCUT2D eigenvalue weighted by Crippen LogP contribution is 2.19. The Morgan fingerprint density at radius 3 is 2.65 bits per heavy atom. The van der Waals surface area contributed by atoms with Gasteiger partial charge in [-0.15, -0.1) is 0 Å². The number of hydrogen-bond acceptors (Lipinski definition) is 3. The van der Waals surface area contributed by atoms with Crippen LogP contribution in [0.1, 0.15) is 11.1 Å². The van der Waals surface area contributed by atoms with E-state index >= 15 is 0 Å². The maximum absolute atomic E-state index is 13.1. The highest BCUT2D eigenvalue weighted by molar-refractivity contribution is 7.89. The van der Waals surface area contributed by atoms with Gasteiger partial charge in [-0.25, -0.2) is 17.5 Å². The molecule has 3 N–H and O–H groups in total. The highest BCUT2D eigenvalue weighted by atomic mass is 32.2. The van der Waals surface area contributed by atoms with Crippen molar-refractivity contribution in [2.24, 2.45) is 0 Å². The van der Waals surface area contributed by atoms with Crippen LogP contribution in [0.15, 0.2) is 47.4 Å². The predicted molar refractivity (Wildman–Crippen MR) is 76.0 cm³/mol. The quantitative estimate of drug-likeness (QED) is 0.849. The van der Waals surface area contributed by atoms with Crippen molar-refractivity contribution in [3.63, 3.8) is 0 Å². The third-order valence-corrected chi connectivity index (χ3v) is 4.27. The van der Waals surface area contributed by atoms with Gasteiger partial charge in [0.25, 0.3) is 0 Å². The summed E-state index contributed by atoms with van der Waals surface area (Å²) in [5, 5.41) is 0. The molecule has 0 radical (unpaired) electrons. The van der Waals surface area contributed by atoms with E-state index in [2.05, 4.69) is 4.72 Å². The van der Waals surface area contributed by atoms with Gasteiger partial charge in [0.1, 0.15) is 10.7 Å². The van der Waals surface area contributed by atoms with E-state index in [0.29, 0.717) is 0 Å². The average molecular weight is 294 g/mol. The summed E-state index contributed by atoms with van der Waals surface area (Å²) >= 11 is 0. The summed E-state index contributed by atoms with van der Waals surface area (Å²) in [5.74, 6) is -0.643. The Balaban J connectivity index is 2.21. The molecule has 6 heteroatoms. The number of anilines is 1. The molecule has 0 aromatic heterocycles. The van der Waals surface area contributed by atoms with Crippen molar-refractivity contribution < 1.29 is 12.8 Å². The molecule has 0 saturated heterocycles. The second-order valence-electron chi connectivity index (χ2n) is 4.50. The van der Waals surface area contributed by atoms with Crippen LogP contribution in [-0.2, 0) is 16.6 Å². The summed E-state index contributed by atoms with van der Waals surface area (Å²) < 4.78 is 39.8. The van der Waals surface area contributed by atoms with Crippen LogP contribution in [0.3, 0.4) is 0 Å². The Morgan fingerprint density at radius 1 is 1.20 bits per heavy atom. The molecule has 0 aliphatic rings. The first-order valence-electron chi connectivity index (χ1n) is 5.99. The Hall–Kier alpha value is -1.92. The summed E-state index contributed by atoms with van der Waals surface area (Å²) in [5.41, 5.74) is 7.46.